The molecule has 0 radical (unpaired) electrons. The van der Waals surface area contributed by atoms with Gasteiger partial charge in [0, 0.05) is 38.2 Å². The summed E-state index contributed by atoms with van der Waals surface area (Å²) in [5.74, 6) is -0.286. The number of pyridine rings is 2. The van der Waals surface area contributed by atoms with Crippen LogP contribution in [0.2, 0.25) is 0 Å². The van der Waals surface area contributed by atoms with Crippen LogP contribution < -0.4 is 5.32 Å². The molecule has 1 aliphatic heterocycles. The maximum atomic E-state index is 12.9. The van der Waals surface area contributed by atoms with E-state index in [9.17, 15) is 9.59 Å². The van der Waals surface area contributed by atoms with E-state index in [4.69, 9.17) is 4.74 Å². The molecule has 1 N–H and O–H groups in total. The van der Waals surface area contributed by atoms with Gasteiger partial charge in [-0.2, -0.15) is 0 Å². The molecule has 4 rings (SSSR count). The first-order valence-electron chi connectivity index (χ1n) is 8.75. The number of rotatable bonds is 4. The molecule has 0 bridgehead atoms. The number of nitrogens with one attached hydrogen (secondary N) is 1. The minimum Gasteiger partial charge on any atom is -0.378 e. The van der Waals surface area contributed by atoms with Gasteiger partial charge in [0.05, 0.1) is 18.7 Å². The van der Waals surface area contributed by atoms with E-state index in [1.165, 1.54) is 0 Å². The molecule has 27 heavy (non-hydrogen) atoms. The lowest BCUT2D eigenvalue weighted by Crippen LogP contribution is -2.41. The number of hydrogen-bond acceptors (Lipinski definition) is 5. The molecule has 0 saturated carbocycles. The molecule has 0 aliphatic carbocycles. The molecule has 1 saturated heterocycles. The monoisotopic (exact) mass is 365 g/mol. The van der Waals surface area contributed by atoms with E-state index >= 15 is 0 Å². The van der Waals surface area contributed by atoms with Gasteiger partial charge in [0.2, 0.25) is 5.82 Å². The van der Waals surface area contributed by atoms with Gasteiger partial charge in [-0.05, 0) is 29.8 Å². The van der Waals surface area contributed by atoms with E-state index in [2.05, 4.69) is 15.3 Å². The topological polar surface area (TPSA) is 88.8 Å². The highest BCUT2D eigenvalue weighted by atomic mass is 16.5. The Morgan fingerprint density at radius 3 is 2.67 bits per heavy atom. The zero-order chi connectivity index (χ0) is 18.6. The minimum atomic E-state index is -0.323. The predicted octanol–water partition coefficient (Wildman–Crippen LogP) is 1.13. The first-order valence-corrected chi connectivity index (χ1v) is 8.75. The molecule has 0 aromatic carbocycles. The largest absolute Gasteiger partial charge is 0.378 e. The molecule has 0 atom stereocenters. The number of carbonyl (C=O) groups is 2. The Bertz CT molecular complexity index is 964. The average molecular weight is 365 g/mol. The summed E-state index contributed by atoms with van der Waals surface area (Å²) in [5.41, 5.74) is 1.77. The average Bonchev–Trinajstić information content (AvgIpc) is 3.13. The van der Waals surface area contributed by atoms with Crippen molar-refractivity contribution in [2.24, 2.45) is 0 Å². The molecule has 4 heterocycles. The fraction of sp³-hybridized carbons (Fsp3) is 0.263. The van der Waals surface area contributed by atoms with Crippen molar-refractivity contribution in [3.63, 3.8) is 0 Å². The van der Waals surface area contributed by atoms with Crippen LogP contribution in [0.4, 0.5) is 0 Å². The highest BCUT2D eigenvalue weighted by Crippen LogP contribution is 2.16. The molecule has 1 fully saturated rings. The first kappa shape index (κ1) is 17.2. The molecule has 1 aliphatic rings. The second kappa shape index (κ2) is 7.55. The second-order valence-corrected chi connectivity index (χ2v) is 6.18. The Hall–Kier alpha value is -3.26. The molecule has 3 aromatic heterocycles. The zero-order valence-corrected chi connectivity index (χ0v) is 14.7. The fourth-order valence-electron chi connectivity index (χ4n) is 3.03. The Morgan fingerprint density at radius 1 is 1.11 bits per heavy atom. The Kier molecular flexibility index (Phi) is 4.80. The second-order valence-electron chi connectivity index (χ2n) is 6.18. The third-order valence-electron chi connectivity index (χ3n) is 4.46. The van der Waals surface area contributed by atoms with Crippen molar-refractivity contribution in [3.05, 3.63) is 66.0 Å². The summed E-state index contributed by atoms with van der Waals surface area (Å²) in [6.45, 7) is 2.41. The van der Waals surface area contributed by atoms with E-state index < -0.39 is 0 Å². The van der Waals surface area contributed by atoms with Crippen LogP contribution in [0.5, 0.6) is 0 Å². The molecule has 8 nitrogen and oxygen atoms in total. The van der Waals surface area contributed by atoms with Gasteiger partial charge in [-0.25, -0.2) is 4.98 Å². The molecule has 8 heteroatoms. The summed E-state index contributed by atoms with van der Waals surface area (Å²) in [5, 5.41) is 2.85. The van der Waals surface area contributed by atoms with Crippen LogP contribution in [0.15, 0.2) is 48.9 Å². The molecule has 138 valence electrons. The van der Waals surface area contributed by atoms with Crippen LogP contribution >= 0.6 is 0 Å². The summed E-state index contributed by atoms with van der Waals surface area (Å²) in [6.07, 6.45) is 5.09. The van der Waals surface area contributed by atoms with Crippen LogP contribution in [0.1, 0.15) is 26.7 Å². The summed E-state index contributed by atoms with van der Waals surface area (Å²) in [7, 11) is 0. The van der Waals surface area contributed by atoms with Crippen LogP contribution in [0, 0.1) is 0 Å². The van der Waals surface area contributed by atoms with Gasteiger partial charge >= 0.3 is 0 Å². The number of hydrogen-bond donors (Lipinski definition) is 1. The molecule has 3 aromatic rings. The zero-order valence-electron chi connectivity index (χ0n) is 14.7. The lowest BCUT2D eigenvalue weighted by molar-refractivity contribution is 0.0294. The van der Waals surface area contributed by atoms with Crippen LogP contribution in [0.25, 0.3) is 5.52 Å². The predicted molar refractivity (Wildman–Crippen MR) is 97.3 cm³/mol. The van der Waals surface area contributed by atoms with E-state index in [0.29, 0.717) is 38.4 Å². The smallest absolute Gasteiger partial charge is 0.290 e. The Balaban J connectivity index is 1.61. The van der Waals surface area contributed by atoms with Crippen molar-refractivity contribution in [2.75, 3.05) is 26.3 Å². The van der Waals surface area contributed by atoms with Gasteiger partial charge in [0.25, 0.3) is 11.8 Å². The fourth-order valence-corrected chi connectivity index (χ4v) is 3.03. The molecule has 0 unspecified atom stereocenters. The summed E-state index contributed by atoms with van der Waals surface area (Å²) < 4.78 is 6.97. The van der Waals surface area contributed by atoms with E-state index in [0.717, 1.165) is 5.56 Å². The molecular weight excluding hydrogens is 346 g/mol. The van der Waals surface area contributed by atoms with Gasteiger partial charge in [0.1, 0.15) is 0 Å². The van der Waals surface area contributed by atoms with E-state index in [1.54, 1.807) is 34.0 Å². The lowest BCUT2D eigenvalue weighted by atomic mass is 10.2. The van der Waals surface area contributed by atoms with Gasteiger partial charge in [-0.3, -0.25) is 19.0 Å². The van der Waals surface area contributed by atoms with Crippen molar-refractivity contribution in [1.29, 1.82) is 0 Å². The van der Waals surface area contributed by atoms with Gasteiger partial charge in [-0.15, -0.1) is 0 Å². The Labute approximate surface area is 155 Å². The molecule has 0 spiro atoms. The quantitative estimate of drug-likeness (QED) is 0.749. The highest BCUT2D eigenvalue weighted by Gasteiger charge is 2.26. The number of morpholine rings is 1. The summed E-state index contributed by atoms with van der Waals surface area (Å²) in [6, 6.07) is 9.07. The number of nitrogens with zero attached hydrogens (tertiary/aromatic N) is 4. The van der Waals surface area contributed by atoms with Crippen LogP contribution in [-0.4, -0.2) is 57.4 Å². The van der Waals surface area contributed by atoms with Crippen LogP contribution in [-0.2, 0) is 11.3 Å². The highest BCUT2D eigenvalue weighted by molar-refractivity contribution is 6.02. The maximum absolute atomic E-state index is 12.9. The number of aromatic nitrogens is 3. The van der Waals surface area contributed by atoms with Crippen molar-refractivity contribution in [1.82, 2.24) is 24.6 Å². The SMILES string of the molecule is O=C(NCc1ccncc1)c1nc(C(=O)N2CCOCC2)n2ccccc12. The lowest BCUT2D eigenvalue weighted by Gasteiger charge is -2.26. The van der Waals surface area contributed by atoms with Crippen molar-refractivity contribution < 1.29 is 14.3 Å². The number of imidazole rings is 1. The van der Waals surface area contributed by atoms with Crippen molar-refractivity contribution in [2.45, 2.75) is 6.54 Å². The van der Waals surface area contributed by atoms with Gasteiger partial charge in [-0.1, -0.05) is 6.07 Å². The Morgan fingerprint density at radius 2 is 1.89 bits per heavy atom. The van der Waals surface area contributed by atoms with Crippen molar-refractivity contribution in [3.8, 4) is 0 Å². The van der Waals surface area contributed by atoms with Crippen molar-refractivity contribution >= 4 is 17.3 Å². The summed E-state index contributed by atoms with van der Waals surface area (Å²) >= 11 is 0. The minimum absolute atomic E-state index is 0.201. The van der Waals surface area contributed by atoms with E-state index in [-0.39, 0.29) is 23.3 Å². The third kappa shape index (κ3) is 3.52. The molecular formula is C19H19N5O3. The normalized spacial score (nSPS) is 14.3. The standard InChI is InChI=1S/C19H19N5O3/c25-18(21-13-14-4-6-20-7-5-14)16-15-3-1-2-8-24(15)17(22-16)19(26)23-9-11-27-12-10-23/h1-8H,9-13H2,(H,21,25). The van der Waals surface area contributed by atoms with Crippen LogP contribution in [0.3, 0.4) is 0 Å². The van der Waals surface area contributed by atoms with Gasteiger partial charge < -0.3 is 15.0 Å². The van der Waals surface area contributed by atoms with Gasteiger partial charge in [0.15, 0.2) is 5.69 Å². The first-order chi connectivity index (χ1) is 13.2. The maximum Gasteiger partial charge on any atom is 0.290 e. The molecule has 2 amide bonds. The number of amides is 2. The van der Waals surface area contributed by atoms with E-state index in [1.807, 2.05) is 24.3 Å². The number of fused-ring (bicyclic) bond motifs is 1. The number of carbonyl (C=O) groups excluding carboxylic acids is 2. The summed E-state index contributed by atoms with van der Waals surface area (Å²) in [4.78, 5) is 35.6. The third-order valence-corrected chi connectivity index (χ3v) is 4.46. The number of ether oxygens (including phenoxy) is 1.